The normalized spacial score (nSPS) is 18.3. The number of nitrogens with one attached hydrogen (secondary N) is 2. The predicted octanol–water partition coefficient (Wildman–Crippen LogP) is 1.86. The largest absolute Gasteiger partial charge is 0.379 e. The minimum Gasteiger partial charge on any atom is -0.379 e. The second-order valence-corrected chi connectivity index (χ2v) is 6.22. The number of unbranched alkanes of at least 4 members (excludes halogenated alkanes) is 1. The SMILES string of the molecule is CCN(CC)CCCCNC(=NC)NCCCOCC1CCCO1. The van der Waals surface area contributed by atoms with Gasteiger partial charge in [0.1, 0.15) is 0 Å². The molecular formula is C18H38N4O2. The molecule has 0 spiro atoms. The van der Waals surface area contributed by atoms with Crippen LogP contribution in [0.4, 0.5) is 0 Å². The summed E-state index contributed by atoms with van der Waals surface area (Å²) in [6.45, 7) is 12.2. The van der Waals surface area contributed by atoms with E-state index in [1.165, 1.54) is 25.8 Å². The Hall–Kier alpha value is -0.850. The van der Waals surface area contributed by atoms with E-state index in [1.807, 2.05) is 7.05 Å². The Morgan fingerprint density at radius 1 is 1.17 bits per heavy atom. The number of hydrogen-bond donors (Lipinski definition) is 2. The second kappa shape index (κ2) is 14.5. The molecule has 0 radical (unpaired) electrons. The molecule has 1 atom stereocenters. The van der Waals surface area contributed by atoms with E-state index in [-0.39, 0.29) is 0 Å². The van der Waals surface area contributed by atoms with Crippen LogP contribution in [0.3, 0.4) is 0 Å². The third-order valence-corrected chi connectivity index (χ3v) is 4.40. The van der Waals surface area contributed by atoms with E-state index in [0.29, 0.717) is 6.10 Å². The molecule has 0 saturated carbocycles. The van der Waals surface area contributed by atoms with Crippen molar-refractivity contribution in [2.45, 2.75) is 52.1 Å². The molecule has 6 nitrogen and oxygen atoms in total. The standard InChI is InChI=1S/C18H38N4O2/c1-4-22(5-2)13-7-6-11-20-18(19-3)21-12-9-14-23-16-17-10-8-15-24-17/h17H,4-16H2,1-3H3,(H2,19,20,21). The Bertz CT molecular complexity index is 316. The van der Waals surface area contributed by atoms with Crippen LogP contribution in [0, 0.1) is 0 Å². The van der Waals surface area contributed by atoms with Gasteiger partial charge in [0.15, 0.2) is 5.96 Å². The number of guanidine groups is 1. The van der Waals surface area contributed by atoms with Gasteiger partial charge in [-0.1, -0.05) is 13.8 Å². The van der Waals surface area contributed by atoms with Crippen LogP contribution < -0.4 is 10.6 Å². The van der Waals surface area contributed by atoms with Crippen LogP contribution >= 0.6 is 0 Å². The van der Waals surface area contributed by atoms with Crippen molar-refractivity contribution in [1.29, 1.82) is 0 Å². The predicted molar refractivity (Wildman–Crippen MR) is 101 cm³/mol. The molecule has 0 aliphatic carbocycles. The number of rotatable bonds is 13. The minimum absolute atomic E-state index is 0.323. The number of hydrogen-bond acceptors (Lipinski definition) is 4. The molecule has 0 aromatic rings. The summed E-state index contributed by atoms with van der Waals surface area (Å²) < 4.78 is 11.2. The maximum Gasteiger partial charge on any atom is 0.190 e. The molecule has 0 bridgehead atoms. The number of nitrogens with zero attached hydrogens (tertiary/aromatic N) is 2. The maximum atomic E-state index is 5.66. The van der Waals surface area contributed by atoms with Crippen LogP contribution in [0.1, 0.15) is 46.0 Å². The minimum atomic E-state index is 0.323. The zero-order valence-corrected chi connectivity index (χ0v) is 16.0. The van der Waals surface area contributed by atoms with Gasteiger partial charge < -0.3 is 25.0 Å². The van der Waals surface area contributed by atoms with Crippen molar-refractivity contribution in [1.82, 2.24) is 15.5 Å². The van der Waals surface area contributed by atoms with Crippen molar-refractivity contribution in [2.75, 3.05) is 59.6 Å². The van der Waals surface area contributed by atoms with E-state index in [4.69, 9.17) is 9.47 Å². The van der Waals surface area contributed by atoms with E-state index in [1.54, 1.807) is 0 Å². The van der Waals surface area contributed by atoms with Crippen molar-refractivity contribution in [3.8, 4) is 0 Å². The van der Waals surface area contributed by atoms with Gasteiger partial charge in [0.05, 0.1) is 12.7 Å². The lowest BCUT2D eigenvalue weighted by Crippen LogP contribution is -2.38. The summed E-state index contributed by atoms with van der Waals surface area (Å²) in [4.78, 5) is 6.72. The first-order valence-electron chi connectivity index (χ1n) is 9.66. The summed E-state index contributed by atoms with van der Waals surface area (Å²) in [6.07, 6.45) is 6.01. The van der Waals surface area contributed by atoms with Crippen LogP contribution in [0.15, 0.2) is 4.99 Å². The van der Waals surface area contributed by atoms with Crippen molar-refractivity contribution in [2.24, 2.45) is 4.99 Å². The van der Waals surface area contributed by atoms with Gasteiger partial charge in [0.25, 0.3) is 0 Å². The number of aliphatic imine (C=N–C) groups is 1. The Morgan fingerprint density at radius 3 is 2.54 bits per heavy atom. The fraction of sp³-hybridized carbons (Fsp3) is 0.944. The highest BCUT2D eigenvalue weighted by Gasteiger charge is 2.14. The molecule has 1 saturated heterocycles. The molecule has 1 heterocycles. The average molecular weight is 343 g/mol. The lowest BCUT2D eigenvalue weighted by molar-refractivity contribution is 0.0168. The van der Waals surface area contributed by atoms with Gasteiger partial charge in [-0.15, -0.1) is 0 Å². The quantitative estimate of drug-likeness (QED) is 0.304. The van der Waals surface area contributed by atoms with Gasteiger partial charge in [-0.25, -0.2) is 0 Å². The lowest BCUT2D eigenvalue weighted by Gasteiger charge is -2.18. The molecule has 6 heteroatoms. The van der Waals surface area contributed by atoms with Crippen LogP contribution in [0.2, 0.25) is 0 Å². The highest BCUT2D eigenvalue weighted by atomic mass is 16.5. The van der Waals surface area contributed by atoms with E-state index in [2.05, 4.69) is 34.4 Å². The van der Waals surface area contributed by atoms with Crippen molar-refractivity contribution >= 4 is 5.96 Å². The van der Waals surface area contributed by atoms with E-state index < -0.39 is 0 Å². The summed E-state index contributed by atoms with van der Waals surface area (Å²) in [5, 5.41) is 6.71. The molecule has 1 rings (SSSR count). The molecular weight excluding hydrogens is 304 g/mol. The number of ether oxygens (including phenoxy) is 2. The second-order valence-electron chi connectivity index (χ2n) is 6.22. The molecule has 2 N–H and O–H groups in total. The first kappa shape index (κ1) is 21.2. The summed E-state index contributed by atoms with van der Waals surface area (Å²) in [7, 11) is 1.82. The van der Waals surface area contributed by atoms with E-state index >= 15 is 0 Å². The van der Waals surface area contributed by atoms with Crippen molar-refractivity contribution < 1.29 is 9.47 Å². The van der Waals surface area contributed by atoms with Crippen molar-refractivity contribution in [3.05, 3.63) is 0 Å². The summed E-state index contributed by atoms with van der Waals surface area (Å²) in [6, 6.07) is 0. The van der Waals surface area contributed by atoms with Crippen LogP contribution in [0.25, 0.3) is 0 Å². The van der Waals surface area contributed by atoms with Gasteiger partial charge in [0, 0.05) is 33.4 Å². The molecule has 0 aromatic heterocycles. The summed E-state index contributed by atoms with van der Waals surface area (Å²) in [5.74, 6) is 0.886. The van der Waals surface area contributed by atoms with Crippen LogP contribution in [0.5, 0.6) is 0 Å². The molecule has 1 unspecified atom stereocenters. The Balaban J connectivity index is 1.92. The molecule has 24 heavy (non-hydrogen) atoms. The Kier molecular flexibility index (Phi) is 12.8. The Labute approximate surface area is 148 Å². The molecule has 142 valence electrons. The lowest BCUT2D eigenvalue weighted by atomic mass is 10.2. The zero-order chi connectivity index (χ0) is 17.5. The fourth-order valence-corrected chi connectivity index (χ4v) is 2.80. The van der Waals surface area contributed by atoms with Crippen LogP contribution in [-0.4, -0.2) is 76.6 Å². The Morgan fingerprint density at radius 2 is 1.92 bits per heavy atom. The summed E-state index contributed by atoms with van der Waals surface area (Å²) >= 11 is 0. The van der Waals surface area contributed by atoms with E-state index in [9.17, 15) is 0 Å². The molecule has 1 aliphatic heterocycles. The molecule has 0 amide bonds. The molecule has 0 aromatic carbocycles. The summed E-state index contributed by atoms with van der Waals surface area (Å²) in [5.41, 5.74) is 0. The smallest absolute Gasteiger partial charge is 0.190 e. The third kappa shape index (κ3) is 10.1. The van der Waals surface area contributed by atoms with Gasteiger partial charge in [-0.05, 0) is 51.7 Å². The van der Waals surface area contributed by atoms with Gasteiger partial charge in [0.2, 0.25) is 0 Å². The highest BCUT2D eigenvalue weighted by molar-refractivity contribution is 5.79. The zero-order valence-electron chi connectivity index (χ0n) is 16.0. The third-order valence-electron chi connectivity index (χ3n) is 4.40. The maximum absolute atomic E-state index is 5.66. The average Bonchev–Trinajstić information content (AvgIpc) is 3.12. The molecule has 1 aliphatic rings. The topological polar surface area (TPSA) is 58.1 Å². The van der Waals surface area contributed by atoms with Gasteiger partial charge in [-0.3, -0.25) is 4.99 Å². The molecule has 1 fully saturated rings. The highest BCUT2D eigenvalue weighted by Crippen LogP contribution is 2.11. The van der Waals surface area contributed by atoms with Crippen LogP contribution in [-0.2, 0) is 9.47 Å². The monoisotopic (exact) mass is 342 g/mol. The van der Waals surface area contributed by atoms with Gasteiger partial charge in [-0.2, -0.15) is 0 Å². The van der Waals surface area contributed by atoms with E-state index in [0.717, 1.165) is 64.8 Å². The van der Waals surface area contributed by atoms with Gasteiger partial charge >= 0.3 is 0 Å². The van der Waals surface area contributed by atoms with Crippen molar-refractivity contribution in [3.63, 3.8) is 0 Å². The fourth-order valence-electron chi connectivity index (χ4n) is 2.80. The first-order valence-corrected chi connectivity index (χ1v) is 9.66. The first-order chi connectivity index (χ1) is 11.8.